The van der Waals surface area contributed by atoms with Gasteiger partial charge in [-0.1, -0.05) is 48.0 Å². The van der Waals surface area contributed by atoms with Crippen molar-refractivity contribution in [3.05, 3.63) is 94.0 Å². The van der Waals surface area contributed by atoms with E-state index in [0.29, 0.717) is 12.5 Å². The molecule has 3 aromatic carbocycles. The number of methoxy groups -OCH3 is 2. The lowest BCUT2D eigenvalue weighted by Crippen LogP contribution is -2.32. The molecule has 4 rings (SSSR count). The van der Waals surface area contributed by atoms with E-state index in [-0.39, 0.29) is 5.91 Å². The zero-order chi connectivity index (χ0) is 24.8. The molecule has 0 bridgehead atoms. The van der Waals surface area contributed by atoms with Crippen molar-refractivity contribution < 1.29 is 14.3 Å². The largest absolute Gasteiger partial charge is 0.497 e. The highest BCUT2D eigenvalue weighted by Crippen LogP contribution is 2.31. The fourth-order valence-electron chi connectivity index (χ4n) is 4.81. The number of nitrogens with zero attached hydrogens (tertiary/aromatic N) is 1. The van der Waals surface area contributed by atoms with Gasteiger partial charge >= 0.3 is 0 Å². The predicted molar refractivity (Wildman–Crippen MR) is 140 cm³/mol. The molecule has 184 valence electrons. The number of likely N-dealkylation sites (tertiary alicyclic amines) is 1. The topological polar surface area (TPSA) is 50.8 Å². The zero-order valence-corrected chi connectivity index (χ0v) is 21.3. The molecule has 0 unspecified atom stereocenters. The molecule has 0 atom stereocenters. The van der Waals surface area contributed by atoms with Gasteiger partial charge in [0.15, 0.2) is 0 Å². The van der Waals surface area contributed by atoms with Crippen LogP contribution in [0.15, 0.2) is 60.7 Å². The first-order valence-corrected chi connectivity index (χ1v) is 12.3. The van der Waals surface area contributed by atoms with Gasteiger partial charge in [0.1, 0.15) is 11.5 Å². The number of rotatable bonds is 8. The van der Waals surface area contributed by atoms with Gasteiger partial charge in [-0.15, -0.1) is 0 Å². The highest BCUT2D eigenvalue weighted by atomic mass is 16.5. The summed E-state index contributed by atoms with van der Waals surface area (Å²) in [5.74, 6) is 2.25. The van der Waals surface area contributed by atoms with Crippen LogP contribution in [0.5, 0.6) is 11.5 Å². The average molecular weight is 473 g/mol. The Morgan fingerprint density at radius 2 is 1.69 bits per heavy atom. The molecule has 3 aromatic rings. The number of hydrogen-bond donors (Lipinski definition) is 1. The fourth-order valence-corrected chi connectivity index (χ4v) is 4.81. The summed E-state index contributed by atoms with van der Waals surface area (Å²) in [6.45, 7) is 7.53. The lowest BCUT2D eigenvalue weighted by atomic mass is 9.89. The lowest BCUT2D eigenvalue weighted by molar-refractivity contribution is 0.0950. The highest BCUT2D eigenvalue weighted by molar-refractivity contribution is 5.95. The molecule has 1 N–H and O–H groups in total. The predicted octanol–water partition coefficient (Wildman–Crippen LogP) is 5.63. The quantitative estimate of drug-likeness (QED) is 0.462. The molecular weight excluding hydrogens is 436 g/mol. The molecule has 0 aliphatic carbocycles. The van der Waals surface area contributed by atoms with Crippen LogP contribution in [-0.2, 0) is 13.1 Å². The van der Waals surface area contributed by atoms with Crippen LogP contribution in [0.25, 0.3) is 0 Å². The molecule has 1 amide bonds. The van der Waals surface area contributed by atoms with E-state index >= 15 is 0 Å². The summed E-state index contributed by atoms with van der Waals surface area (Å²) in [5, 5.41) is 3.06. The summed E-state index contributed by atoms with van der Waals surface area (Å²) in [7, 11) is 3.39. The number of ether oxygens (including phenoxy) is 2. The van der Waals surface area contributed by atoms with Gasteiger partial charge in [-0.2, -0.15) is 0 Å². The Morgan fingerprint density at radius 1 is 0.943 bits per heavy atom. The van der Waals surface area contributed by atoms with Crippen LogP contribution in [0.2, 0.25) is 0 Å². The van der Waals surface area contributed by atoms with E-state index in [1.54, 1.807) is 14.2 Å². The Kier molecular flexibility index (Phi) is 8.09. The van der Waals surface area contributed by atoms with Gasteiger partial charge in [-0.3, -0.25) is 9.69 Å². The fraction of sp³-hybridized carbons (Fsp3) is 0.367. The summed E-state index contributed by atoms with van der Waals surface area (Å²) >= 11 is 0. The number of carbonyl (C=O) groups excluding carboxylic acids is 1. The first-order chi connectivity index (χ1) is 17.0. The molecule has 0 radical (unpaired) electrons. The minimum Gasteiger partial charge on any atom is -0.497 e. The second kappa shape index (κ2) is 11.4. The lowest BCUT2D eigenvalue weighted by Gasteiger charge is -2.32. The van der Waals surface area contributed by atoms with Crippen LogP contribution in [0.4, 0.5) is 0 Å². The Morgan fingerprint density at radius 3 is 2.37 bits per heavy atom. The van der Waals surface area contributed by atoms with Gasteiger partial charge in [0.25, 0.3) is 5.91 Å². The van der Waals surface area contributed by atoms with Crippen molar-refractivity contribution in [1.82, 2.24) is 10.2 Å². The van der Waals surface area contributed by atoms with Crippen molar-refractivity contribution in [3.63, 3.8) is 0 Å². The van der Waals surface area contributed by atoms with Gasteiger partial charge in [-0.25, -0.2) is 0 Å². The molecule has 1 saturated heterocycles. The van der Waals surface area contributed by atoms with Gasteiger partial charge < -0.3 is 14.8 Å². The first-order valence-electron chi connectivity index (χ1n) is 12.3. The summed E-state index contributed by atoms with van der Waals surface area (Å²) in [6.07, 6.45) is 2.28. The minimum atomic E-state index is -0.0175. The Hall–Kier alpha value is -3.31. The molecule has 1 aliphatic heterocycles. The van der Waals surface area contributed by atoms with Crippen LogP contribution in [0.3, 0.4) is 0 Å². The van der Waals surface area contributed by atoms with Crippen LogP contribution in [0, 0.1) is 13.8 Å². The third kappa shape index (κ3) is 6.23. The molecule has 1 heterocycles. The van der Waals surface area contributed by atoms with Crippen molar-refractivity contribution >= 4 is 5.91 Å². The van der Waals surface area contributed by atoms with E-state index in [1.807, 2.05) is 44.2 Å². The average Bonchev–Trinajstić information content (AvgIpc) is 2.89. The van der Waals surface area contributed by atoms with Crippen LogP contribution < -0.4 is 14.8 Å². The van der Waals surface area contributed by atoms with E-state index in [0.717, 1.165) is 66.2 Å². The molecule has 0 saturated carbocycles. The summed E-state index contributed by atoms with van der Waals surface area (Å²) in [4.78, 5) is 15.1. The van der Waals surface area contributed by atoms with Crippen molar-refractivity contribution in [3.8, 4) is 11.5 Å². The Balaban J connectivity index is 1.28. The number of piperidine rings is 1. The van der Waals surface area contributed by atoms with Crippen molar-refractivity contribution in [2.24, 2.45) is 0 Å². The van der Waals surface area contributed by atoms with Crippen LogP contribution in [0.1, 0.15) is 56.9 Å². The maximum atomic E-state index is 12.6. The smallest absolute Gasteiger partial charge is 0.251 e. The van der Waals surface area contributed by atoms with Gasteiger partial charge in [0.2, 0.25) is 0 Å². The normalized spacial score (nSPS) is 14.5. The third-order valence-corrected chi connectivity index (χ3v) is 7.02. The maximum absolute atomic E-state index is 12.6. The van der Waals surface area contributed by atoms with E-state index in [4.69, 9.17) is 9.47 Å². The number of carbonyl (C=O) groups is 1. The molecule has 1 fully saturated rings. The number of nitrogens with one attached hydrogen (secondary N) is 1. The Bertz CT molecular complexity index is 1150. The van der Waals surface area contributed by atoms with Gasteiger partial charge in [0, 0.05) is 30.3 Å². The van der Waals surface area contributed by atoms with E-state index in [9.17, 15) is 4.79 Å². The highest BCUT2D eigenvalue weighted by Gasteiger charge is 2.21. The standard InChI is InChI=1S/C30H36N2O3/c1-21-5-6-22(2)28(17-21)30(33)31-19-23-7-9-24(10-8-23)25-13-15-32(16-14-25)20-26-11-12-27(34-3)18-29(26)35-4/h5-12,17-18,25H,13-16,19-20H2,1-4H3,(H,31,33). The molecular formula is C30H36N2O3. The van der Waals surface area contributed by atoms with E-state index in [1.165, 1.54) is 11.1 Å². The minimum absolute atomic E-state index is 0.0175. The number of aryl methyl sites for hydroxylation is 2. The first kappa shape index (κ1) is 24.8. The van der Waals surface area contributed by atoms with Crippen molar-refractivity contribution in [1.29, 1.82) is 0 Å². The third-order valence-electron chi connectivity index (χ3n) is 7.02. The molecule has 35 heavy (non-hydrogen) atoms. The molecule has 1 aliphatic rings. The monoisotopic (exact) mass is 472 g/mol. The summed E-state index contributed by atoms with van der Waals surface area (Å²) in [5.41, 5.74) is 6.55. The number of hydrogen-bond acceptors (Lipinski definition) is 4. The van der Waals surface area contributed by atoms with E-state index in [2.05, 4.69) is 40.5 Å². The maximum Gasteiger partial charge on any atom is 0.251 e. The molecule has 5 nitrogen and oxygen atoms in total. The SMILES string of the molecule is COc1ccc(CN2CCC(c3ccc(CNC(=O)c4cc(C)ccc4C)cc3)CC2)c(OC)c1. The Labute approximate surface area is 209 Å². The molecule has 5 heteroatoms. The summed E-state index contributed by atoms with van der Waals surface area (Å²) in [6, 6.07) is 20.8. The van der Waals surface area contributed by atoms with Gasteiger partial charge in [0.05, 0.1) is 14.2 Å². The van der Waals surface area contributed by atoms with Crippen molar-refractivity contribution in [2.45, 2.75) is 45.7 Å². The van der Waals surface area contributed by atoms with Crippen molar-refractivity contribution in [2.75, 3.05) is 27.3 Å². The van der Waals surface area contributed by atoms with Gasteiger partial charge in [-0.05, 0) is 74.5 Å². The van der Waals surface area contributed by atoms with Crippen LogP contribution in [-0.4, -0.2) is 38.1 Å². The zero-order valence-electron chi connectivity index (χ0n) is 21.3. The molecule has 0 aromatic heterocycles. The number of benzene rings is 3. The summed E-state index contributed by atoms with van der Waals surface area (Å²) < 4.78 is 10.9. The van der Waals surface area contributed by atoms with E-state index < -0.39 is 0 Å². The second-order valence-corrected chi connectivity index (χ2v) is 9.47. The number of amides is 1. The van der Waals surface area contributed by atoms with Crippen LogP contribution >= 0.6 is 0 Å². The molecule has 0 spiro atoms. The second-order valence-electron chi connectivity index (χ2n) is 9.47.